The molecule has 0 aliphatic rings. The van der Waals surface area contributed by atoms with Crippen molar-refractivity contribution in [2.75, 3.05) is 13.2 Å². The summed E-state index contributed by atoms with van der Waals surface area (Å²) in [5.74, 6) is 0. The van der Waals surface area contributed by atoms with E-state index in [9.17, 15) is 10.2 Å². The molecule has 0 saturated heterocycles. The summed E-state index contributed by atoms with van der Waals surface area (Å²) in [6.07, 6.45) is 3.08. The maximum Gasteiger partial charge on any atom is 0.315 e. The minimum absolute atomic E-state index is 0.0521. The zero-order valence-electron chi connectivity index (χ0n) is 31.5. The first-order valence-corrected chi connectivity index (χ1v) is 40.5. The molecule has 0 saturated carbocycles. The molecule has 0 bridgehead atoms. The van der Waals surface area contributed by atoms with Crippen LogP contribution < -0.4 is 0 Å². The van der Waals surface area contributed by atoms with Crippen LogP contribution in [0.25, 0.3) is 0 Å². The van der Waals surface area contributed by atoms with Crippen molar-refractivity contribution in [1.82, 2.24) is 0 Å². The molecule has 0 aromatic carbocycles. The molecule has 0 amide bonds. The minimum atomic E-state index is -2.56. The summed E-state index contributed by atoms with van der Waals surface area (Å²) in [5.41, 5.74) is -0.563. The van der Waals surface area contributed by atoms with E-state index in [2.05, 4.69) is 118 Å². The van der Waals surface area contributed by atoms with Gasteiger partial charge in [-0.2, -0.15) is 0 Å². The second kappa shape index (κ2) is 16.2. The van der Waals surface area contributed by atoms with E-state index in [0.717, 1.165) is 24.9 Å². The van der Waals surface area contributed by atoms with Crippen LogP contribution in [0.4, 0.5) is 0 Å². The van der Waals surface area contributed by atoms with Gasteiger partial charge in [-0.1, -0.05) is 12.8 Å². The van der Waals surface area contributed by atoms with Crippen molar-refractivity contribution < 1.29 is 34.9 Å². The first kappa shape index (κ1) is 44.4. The Balaban J connectivity index is 5.72. The maximum absolute atomic E-state index is 10.6. The first-order valence-electron chi connectivity index (χ1n) is 16.2. The molecule has 8 nitrogen and oxygen atoms in total. The predicted octanol–water partition coefficient (Wildman–Crippen LogP) is 8.50. The Morgan fingerprint density at radius 3 is 0.860 bits per heavy atom. The van der Waals surface area contributed by atoms with Gasteiger partial charge in [0.15, 0.2) is 33.3 Å². The summed E-state index contributed by atoms with van der Waals surface area (Å²) in [7, 11) is -17.2. The molecule has 2 unspecified atom stereocenters. The highest BCUT2D eigenvalue weighted by Gasteiger charge is 2.46. The Hall–Kier alpha value is 1.42. The van der Waals surface area contributed by atoms with Crippen LogP contribution in [-0.4, -0.2) is 90.9 Å². The zero-order valence-corrected chi connectivity index (χ0v) is 39.5. The summed E-state index contributed by atoms with van der Waals surface area (Å²) in [6.45, 7) is 39.3. The van der Waals surface area contributed by atoms with Crippen molar-refractivity contribution in [3.8, 4) is 0 Å². The summed E-state index contributed by atoms with van der Waals surface area (Å²) in [6, 6.07) is 1.62. The zero-order chi connectivity index (χ0) is 34.4. The van der Waals surface area contributed by atoms with Crippen molar-refractivity contribution in [3.05, 3.63) is 0 Å². The van der Waals surface area contributed by atoms with E-state index in [0.29, 0.717) is 12.8 Å². The molecule has 2 N–H and O–H groups in total. The maximum atomic E-state index is 10.6. The molecule has 0 aromatic heterocycles. The largest absolute Gasteiger partial charge is 0.437 e. The van der Waals surface area contributed by atoms with Crippen LogP contribution in [0, 0.1) is 5.41 Å². The second-order valence-electron chi connectivity index (χ2n) is 17.7. The standard InChI is InChI=1S/C27H72O8Si8/c1-36(2,3)30-40(13,14)34-42(17,32-38(7,8)9)23-19-21-27(25-28,26-29)22-20-24-43(18,33-39(10,11)12)35-41(15,16)31-37(4,5)6/h28-29H,19-26H2,1-18H3. The minimum Gasteiger partial charge on any atom is -0.437 e. The normalized spacial score (nSPS) is 17.6. The Morgan fingerprint density at radius 2 is 0.651 bits per heavy atom. The third kappa shape index (κ3) is 21.1. The highest BCUT2D eigenvalue weighted by Crippen LogP contribution is 2.36. The fourth-order valence-corrected chi connectivity index (χ4v) is 42.1. The predicted molar refractivity (Wildman–Crippen MR) is 203 cm³/mol. The van der Waals surface area contributed by atoms with Gasteiger partial charge in [-0.05, 0) is 143 Å². The number of hydrogen-bond donors (Lipinski definition) is 2. The molecule has 0 aliphatic heterocycles. The molecule has 0 aliphatic carbocycles. The van der Waals surface area contributed by atoms with Gasteiger partial charge >= 0.3 is 34.2 Å². The van der Waals surface area contributed by atoms with Crippen LogP contribution in [0.15, 0.2) is 0 Å². The molecular formula is C27H72O8Si8. The van der Waals surface area contributed by atoms with Gasteiger partial charge in [-0.25, -0.2) is 0 Å². The van der Waals surface area contributed by atoms with Crippen LogP contribution in [0.2, 0.25) is 130 Å². The van der Waals surface area contributed by atoms with Gasteiger partial charge < -0.3 is 34.9 Å². The number of aliphatic hydroxyl groups is 2. The quantitative estimate of drug-likeness (QED) is 0.107. The molecule has 0 heterocycles. The third-order valence-electron chi connectivity index (χ3n) is 6.42. The molecule has 260 valence electrons. The molecule has 0 rings (SSSR count). The molecule has 0 fully saturated rings. The average Bonchev–Trinajstić information content (AvgIpc) is 2.64. The number of aliphatic hydroxyl groups excluding tert-OH is 2. The van der Waals surface area contributed by atoms with Crippen molar-refractivity contribution in [2.45, 2.75) is 156 Å². The molecule has 43 heavy (non-hydrogen) atoms. The Bertz CT molecular complexity index is 769. The Labute approximate surface area is 275 Å². The van der Waals surface area contributed by atoms with Gasteiger partial charge in [0, 0.05) is 5.41 Å². The van der Waals surface area contributed by atoms with Gasteiger partial charge in [-0.3, -0.25) is 0 Å². The van der Waals surface area contributed by atoms with E-state index in [-0.39, 0.29) is 13.2 Å². The van der Waals surface area contributed by atoms with Crippen LogP contribution in [0.1, 0.15) is 25.7 Å². The van der Waals surface area contributed by atoms with E-state index in [1.165, 1.54) is 0 Å². The second-order valence-corrected chi connectivity index (χ2v) is 50.6. The van der Waals surface area contributed by atoms with Crippen LogP contribution in [0.3, 0.4) is 0 Å². The van der Waals surface area contributed by atoms with Gasteiger partial charge in [0.05, 0.1) is 13.2 Å². The molecular weight excluding hydrogens is 677 g/mol. The summed E-state index contributed by atoms with van der Waals surface area (Å²) in [5, 5.41) is 21.1. The fourth-order valence-electron chi connectivity index (χ4n) is 6.16. The van der Waals surface area contributed by atoms with Crippen LogP contribution in [0.5, 0.6) is 0 Å². The lowest BCUT2D eigenvalue weighted by molar-refractivity contribution is 0.0376. The highest BCUT2D eigenvalue weighted by atomic mass is 28.5. The van der Waals surface area contributed by atoms with Crippen molar-refractivity contribution >= 4 is 67.5 Å². The molecule has 16 heteroatoms. The van der Waals surface area contributed by atoms with E-state index in [1.54, 1.807) is 0 Å². The topological polar surface area (TPSA) is 95.8 Å². The SMILES string of the molecule is C[Si](C)(C)O[Si](C)(C)O[Si](C)(CCCC(CO)(CO)CCC[Si](C)(O[Si](C)(C)C)O[Si](C)(C)O[Si](C)(C)C)O[Si](C)(C)C. The Morgan fingerprint density at radius 1 is 0.395 bits per heavy atom. The summed E-state index contributed by atoms with van der Waals surface area (Å²) >= 11 is 0. The van der Waals surface area contributed by atoms with Gasteiger partial charge in [-0.15, -0.1) is 0 Å². The van der Waals surface area contributed by atoms with E-state index in [1.807, 2.05) is 0 Å². The smallest absolute Gasteiger partial charge is 0.315 e. The van der Waals surface area contributed by atoms with E-state index >= 15 is 0 Å². The van der Waals surface area contributed by atoms with Crippen molar-refractivity contribution in [3.63, 3.8) is 0 Å². The van der Waals surface area contributed by atoms with Crippen LogP contribution >= 0.6 is 0 Å². The lowest BCUT2D eigenvalue weighted by Crippen LogP contribution is -2.57. The van der Waals surface area contributed by atoms with Crippen LogP contribution in [-0.2, 0) is 24.7 Å². The molecule has 0 spiro atoms. The number of rotatable bonds is 22. The summed E-state index contributed by atoms with van der Waals surface area (Å²) in [4.78, 5) is 0. The van der Waals surface area contributed by atoms with E-state index < -0.39 is 72.9 Å². The highest BCUT2D eigenvalue weighted by molar-refractivity contribution is 6.90. The van der Waals surface area contributed by atoms with Gasteiger partial charge in [0.25, 0.3) is 0 Å². The third-order valence-corrected chi connectivity index (χ3v) is 33.5. The Kier molecular flexibility index (Phi) is 16.7. The molecule has 0 aromatic rings. The summed E-state index contributed by atoms with van der Waals surface area (Å²) < 4.78 is 40.3. The monoisotopic (exact) mass is 748 g/mol. The number of hydrogen-bond acceptors (Lipinski definition) is 8. The molecule has 0 radical (unpaired) electrons. The fraction of sp³-hybridized carbons (Fsp3) is 1.00. The van der Waals surface area contributed by atoms with Gasteiger partial charge in [0.2, 0.25) is 0 Å². The molecule has 2 atom stereocenters. The first-order chi connectivity index (χ1) is 18.8. The van der Waals surface area contributed by atoms with Crippen molar-refractivity contribution in [2.24, 2.45) is 5.41 Å². The average molecular weight is 750 g/mol. The lowest BCUT2D eigenvalue weighted by Gasteiger charge is -2.42. The van der Waals surface area contributed by atoms with Crippen molar-refractivity contribution in [1.29, 1.82) is 0 Å². The van der Waals surface area contributed by atoms with E-state index in [4.69, 9.17) is 24.7 Å². The van der Waals surface area contributed by atoms with Gasteiger partial charge in [0.1, 0.15) is 0 Å². The lowest BCUT2D eigenvalue weighted by atomic mass is 9.81.